The molecule has 0 N–H and O–H groups in total. The number of carbonyl (C=O) groups excluding carboxylic acids is 1. The van der Waals surface area contributed by atoms with Gasteiger partial charge in [0.2, 0.25) is 11.8 Å². The molecule has 0 saturated heterocycles. The highest BCUT2D eigenvalue weighted by atomic mass is 28.3. The van der Waals surface area contributed by atoms with E-state index < -0.39 is 44.7 Å². The predicted octanol–water partition coefficient (Wildman–Crippen LogP) is 5.42. The van der Waals surface area contributed by atoms with E-state index in [0.717, 1.165) is 17.8 Å². The van der Waals surface area contributed by atoms with Crippen LogP contribution >= 0.6 is 0 Å². The molecule has 0 aliphatic carbocycles. The Morgan fingerprint density at radius 1 is 1.16 bits per heavy atom. The van der Waals surface area contributed by atoms with Crippen LogP contribution in [-0.2, 0) is 16.2 Å². The van der Waals surface area contributed by atoms with E-state index in [-0.39, 0.29) is 6.42 Å². The third kappa shape index (κ3) is 6.53. The summed E-state index contributed by atoms with van der Waals surface area (Å²) in [6.45, 7) is 7.65. The zero-order valence-electron chi connectivity index (χ0n) is 17.8. The number of benzene rings is 1. The van der Waals surface area contributed by atoms with Gasteiger partial charge in [0, 0.05) is 13.6 Å². The fourth-order valence-corrected chi connectivity index (χ4v) is 4.33. The number of halogens is 8. The van der Waals surface area contributed by atoms with Gasteiger partial charge in [0.25, 0.3) is 0 Å². The van der Waals surface area contributed by atoms with Crippen molar-refractivity contribution in [3.8, 4) is 0 Å². The molecule has 0 spiro atoms. The van der Waals surface area contributed by atoms with Crippen LogP contribution in [0.3, 0.4) is 0 Å². The topological polar surface area (TPSA) is 29.5 Å². The third-order valence-electron chi connectivity index (χ3n) is 5.21. The van der Waals surface area contributed by atoms with Gasteiger partial charge in [-0.15, -0.1) is 11.5 Å². The molecule has 2 atom stereocenters. The number of aryl methyl sites for hydroxylation is 1. The standard InChI is InChI=1S/C20H25F8NO2Si/c1-5-32(3,4)15-11-8-10-14(13-15)9-6-7-12-29(2)17(30)16(19(22,23)24)18(21,31-28)20(25,26)27/h5,8,10-11,13,16H,1,6-7,9,12H2,2-4H3. The first-order valence-electron chi connectivity index (χ1n) is 9.61. The first kappa shape index (κ1) is 28.1. The van der Waals surface area contributed by atoms with Gasteiger partial charge < -0.3 is 4.90 Å². The van der Waals surface area contributed by atoms with Crippen LogP contribution in [-0.4, -0.2) is 50.7 Å². The van der Waals surface area contributed by atoms with Crippen LogP contribution in [0.5, 0.6) is 0 Å². The first-order valence-corrected chi connectivity index (χ1v) is 12.7. The molecule has 32 heavy (non-hydrogen) atoms. The molecule has 0 fully saturated rings. The number of rotatable bonds is 10. The average molecular weight is 491 g/mol. The average Bonchev–Trinajstić information content (AvgIpc) is 2.69. The molecule has 1 aromatic rings. The van der Waals surface area contributed by atoms with Crippen LogP contribution in [0, 0.1) is 5.92 Å². The Hall–Kier alpha value is -1.95. The Balaban J connectivity index is 2.83. The summed E-state index contributed by atoms with van der Waals surface area (Å²) in [5.41, 5.74) is 2.86. The van der Waals surface area contributed by atoms with Crippen LogP contribution in [0.1, 0.15) is 18.4 Å². The molecule has 0 heterocycles. The molecule has 0 radical (unpaired) electrons. The quantitative estimate of drug-likeness (QED) is 0.249. The van der Waals surface area contributed by atoms with Gasteiger partial charge in [-0.05, 0) is 29.4 Å². The number of hydrogen-bond donors (Lipinski definition) is 0. The van der Waals surface area contributed by atoms with Gasteiger partial charge in [-0.25, -0.2) is 0 Å². The van der Waals surface area contributed by atoms with Gasteiger partial charge in [0.15, 0.2) is 0 Å². The summed E-state index contributed by atoms with van der Waals surface area (Å²) in [7, 11) is -1.01. The Morgan fingerprint density at radius 3 is 2.22 bits per heavy atom. The molecule has 0 aliphatic heterocycles. The highest BCUT2D eigenvalue weighted by Crippen LogP contribution is 2.48. The third-order valence-corrected chi connectivity index (χ3v) is 8.03. The summed E-state index contributed by atoms with van der Waals surface area (Å²) in [6.07, 6.45) is -11.4. The van der Waals surface area contributed by atoms with E-state index in [1.807, 2.05) is 34.9 Å². The Bertz CT molecular complexity index is 797. The van der Waals surface area contributed by atoms with Crippen LogP contribution < -0.4 is 5.19 Å². The maximum Gasteiger partial charge on any atom is 0.452 e. The molecule has 3 nitrogen and oxygen atoms in total. The minimum Gasteiger partial charge on any atom is -0.345 e. The SMILES string of the molecule is C=C[Si](C)(C)c1cccc(CCCCN(C)C(=O)C(C(F)(F)F)C(F)(OF)C(F)(F)F)c1. The highest BCUT2D eigenvalue weighted by molar-refractivity contribution is 6.93. The smallest absolute Gasteiger partial charge is 0.345 e. The monoisotopic (exact) mass is 491 g/mol. The molecule has 0 bridgehead atoms. The zero-order valence-corrected chi connectivity index (χ0v) is 18.8. The van der Waals surface area contributed by atoms with Gasteiger partial charge in [0.05, 0.1) is 0 Å². The van der Waals surface area contributed by atoms with E-state index in [1.165, 1.54) is 0 Å². The fraction of sp³-hybridized carbons (Fsp3) is 0.550. The van der Waals surface area contributed by atoms with E-state index in [0.29, 0.717) is 17.7 Å². The molecule has 1 aromatic carbocycles. The number of unbranched alkanes of at least 4 members (excludes halogenated alkanes) is 1. The van der Waals surface area contributed by atoms with Crippen molar-refractivity contribution in [2.24, 2.45) is 5.92 Å². The fourth-order valence-electron chi connectivity index (χ4n) is 3.02. The van der Waals surface area contributed by atoms with Crippen molar-refractivity contribution in [1.29, 1.82) is 0 Å². The van der Waals surface area contributed by atoms with Crippen molar-refractivity contribution in [3.63, 3.8) is 0 Å². The summed E-state index contributed by atoms with van der Waals surface area (Å²) in [5, 5.41) is 1.13. The molecule has 182 valence electrons. The number of amides is 1. The van der Waals surface area contributed by atoms with Crippen LogP contribution in [0.4, 0.5) is 35.3 Å². The molecule has 1 amide bonds. The van der Waals surface area contributed by atoms with Crippen molar-refractivity contribution in [2.75, 3.05) is 13.6 Å². The van der Waals surface area contributed by atoms with Crippen LogP contribution in [0.15, 0.2) is 36.5 Å². The lowest BCUT2D eigenvalue weighted by molar-refractivity contribution is -0.436. The summed E-state index contributed by atoms with van der Waals surface area (Å²) in [4.78, 5) is 14.3. The summed E-state index contributed by atoms with van der Waals surface area (Å²) in [6, 6.07) is 7.67. The minimum atomic E-state index is -6.42. The molecule has 12 heteroatoms. The van der Waals surface area contributed by atoms with Gasteiger partial charge in [-0.1, -0.05) is 48.2 Å². The maximum atomic E-state index is 13.9. The van der Waals surface area contributed by atoms with Crippen LogP contribution in [0.2, 0.25) is 13.1 Å². The largest absolute Gasteiger partial charge is 0.452 e. The summed E-state index contributed by atoms with van der Waals surface area (Å²) in [5.74, 6) is -12.5. The van der Waals surface area contributed by atoms with E-state index in [9.17, 15) is 40.1 Å². The predicted molar refractivity (Wildman–Crippen MR) is 106 cm³/mol. The van der Waals surface area contributed by atoms with Crippen molar-refractivity contribution < 1.29 is 45.0 Å². The Kier molecular flexibility index (Phi) is 9.06. The lowest BCUT2D eigenvalue weighted by Crippen LogP contribution is -2.59. The second kappa shape index (κ2) is 10.3. The van der Waals surface area contributed by atoms with E-state index in [2.05, 4.69) is 19.7 Å². The molecule has 1 rings (SSSR count). The molecular weight excluding hydrogens is 466 g/mol. The number of carbonyl (C=O) groups is 1. The van der Waals surface area contributed by atoms with Crippen molar-refractivity contribution in [2.45, 2.75) is 50.6 Å². The Labute approximate surface area is 181 Å². The van der Waals surface area contributed by atoms with Gasteiger partial charge in [-0.2, -0.15) is 30.7 Å². The van der Waals surface area contributed by atoms with Crippen molar-refractivity contribution in [3.05, 3.63) is 42.1 Å². The van der Waals surface area contributed by atoms with Crippen LogP contribution in [0.25, 0.3) is 0 Å². The lowest BCUT2D eigenvalue weighted by atomic mass is 9.96. The molecule has 0 aliphatic rings. The van der Waals surface area contributed by atoms with E-state index >= 15 is 0 Å². The van der Waals surface area contributed by atoms with Gasteiger partial charge >= 0.3 is 18.2 Å². The number of alkyl halides is 7. The summed E-state index contributed by atoms with van der Waals surface area (Å²) < 4.78 is 104. The normalized spacial score (nSPS) is 15.7. The van der Waals surface area contributed by atoms with Crippen molar-refractivity contribution >= 4 is 19.2 Å². The molecule has 2 unspecified atom stereocenters. The minimum absolute atomic E-state index is 0.126. The summed E-state index contributed by atoms with van der Waals surface area (Å²) >= 11 is 0. The molecular formula is C20H25F8NO2Si. The second-order valence-corrected chi connectivity index (χ2v) is 12.5. The second-order valence-electron chi connectivity index (χ2n) is 8.04. The number of hydrogen-bond acceptors (Lipinski definition) is 2. The maximum absolute atomic E-state index is 13.9. The molecule has 0 aromatic heterocycles. The zero-order chi connectivity index (χ0) is 25.0. The van der Waals surface area contributed by atoms with Gasteiger partial charge in [0.1, 0.15) is 8.07 Å². The van der Waals surface area contributed by atoms with Crippen molar-refractivity contribution in [1.82, 2.24) is 4.90 Å². The Morgan fingerprint density at radius 2 is 1.75 bits per heavy atom. The van der Waals surface area contributed by atoms with E-state index in [4.69, 9.17) is 0 Å². The van der Waals surface area contributed by atoms with Gasteiger partial charge in [-0.3, -0.25) is 4.79 Å². The first-order chi connectivity index (χ1) is 14.5. The molecule has 0 saturated carbocycles. The van der Waals surface area contributed by atoms with E-state index in [1.54, 1.807) is 0 Å². The highest BCUT2D eigenvalue weighted by Gasteiger charge is 2.74. The lowest BCUT2D eigenvalue weighted by Gasteiger charge is -2.33. The number of nitrogens with zero attached hydrogens (tertiary/aromatic N) is 1.